The van der Waals surface area contributed by atoms with Gasteiger partial charge in [-0.2, -0.15) is 0 Å². The van der Waals surface area contributed by atoms with Crippen molar-refractivity contribution in [3.8, 4) is 0 Å². The molecule has 1 aliphatic carbocycles. The van der Waals surface area contributed by atoms with Gasteiger partial charge in [-0.05, 0) is 60.1 Å². The van der Waals surface area contributed by atoms with Gasteiger partial charge in [0.05, 0.1) is 11.1 Å². The fourth-order valence-corrected chi connectivity index (χ4v) is 7.72. The molecule has 3 amide bonds. The second kappa shape index (κ2) is 11.9. The third kappa shape index (κ3) is 5.84. The van der Waals surface area contributed by atoms with Crippen LogP contribution < -0.4 is 16.0 Å². The van der Waals surface area contributed by atoms with Crippen molar-refractivity contribution in [2.24, 2.45) is 11.3 Å². The van der Waals surface area contributed by atoms with Gasteiger partial charge in [0.15, 0.2) is 0 Å². The first-order valence-corrected chi connectivity index (χ1v) is 16.3. The number of carbonyl (C=O) groups is 3. The molecule has 0 aromatic heterocycles. The number of hydrogen-bond acceptors (Lipinski definition) is 5. The highest BCUT2D eigenvalue weighted by molar-refractivity contribution is 6.31. The van der Waals surface area contributed by atoms with E-state index in [-0.39, 0.29) is 34.1 Å². The molecule has 1 saturated carbocycles. The van der Waals surface area contributed by atoms with Gasteiger partial charge in [-0.25, -0.2) is 4.39 Å². The van der Waals surface area contributed by atoms with Crippen molar-refractivity contribution in [1.29, 1.82) is 0 Å². The van der Waals surface area contributed by atoms with Crippen molar-refractivity contribution in [3.63, 3.8) is 0 Å². The van der Waals surface area contributed by atoms with Crippen molar-refractivity contribution >= 4 is 46.6 Å². The lowest BCUT2D eigenvalue weighted by Gasteiger charge is -2.37. The number of piperazine rings is 1. The van der Waals surface area contributed by atoms with Crippen molar-refractivity contribution < 1.29 is 18.8 Å². The van der Waals surface area contributed by atoms with Gasteiger partial charge in [0.25, 0.3) is 0 Å². The number of rotatable bonds is 7. The van der Waals surface area contributed by atoms with Crippen molar-refractivity contribution in [3.05, 3.63) is 63.4 Å². The van der Waals surface area contributed by atoms with Crippen LogP contribution in [0.25, 0.3) is 0 Å². The highest BCUT2D eigenvalue weighted by Gasteiger charge is 2.65. The number of hydrogen-bond donors (Lipinski definition) is 3. The zero-order chi connectivity index (χ0) is 31.4. The molecule has 11 heteroatoms. The first kappa shape index (κ1) is 31.3. The number of halogens is 3. The molecule has 236 valence electrons. The molecule has 1 spiro atoms. The maximum absolute atomic E-state index is 15.1. The summed E-state index contributed by atoms with van der Waals surface area (Å²) in [6.45, 7) is 10.3. The van der Waals surface area contributed by atoms with Crippen LogP contribution in [-0.2, 0) is 19.8 Å². The molecule has 2 aromatic carbocycles. The van der Waals surface area contributed by atoms with E-state index in [4.69, 9.17) is 23.2 Å². The Hall–Kier alpha value is -2.72. The zero-order valence-electron chi connectivity index (χ0n) is 25.4. The average molecular weight is 645 g/mol. The second-order valence-corrected chi connectivity index (χ2v) is 14.7. The van der Waals surface area contributed by atoms with Crippen molar-refractivity contribution in [2.45, 2.75) is 63.5 Å². The van der Waals surface area contributed by atoms with Crippen LogP contribution in [-0.4, -0.2) is 78.9 Å². The van der Waals surface area contributed by atoms with E-state index in [1.807, 2.05) is 11.0 Å². The fraction of sp³-hybridized carbons (Fsp3) is 0.545. The van der Waals surface area contributed by atoms with Crippen LogP contribution in [0.3, 0.4) is 0 Å². The Balaban J connectivity index is 1.28. The van der Waals surface area contributed by atoms with Crippen LogP contribution in [0.15, 0.2) is 36.4 Å². The van der Waals surface area contributed by atoms with Crippen LogP contribution >= 0.6 is 23.2 Å². The molecule has 3 aliphatic heterocycles. The Labute approximate surface area is 268 Å². The molecule has 3 fully saturated rings. The monoisotopic (exact) mass is 643 g/mol. The smallest absolute Gasteiger partial charge is 0.237 e. The molecule has 0 unspecified atom stereocenters. The lowest BCUT2D eigenvalue weighted by Crippen LogP contribution is -2.51. The summed E-state index contributed by atoms with van der Waals surface area (Å²) in [6, 6.07) is 8.75. The van der Waals surface area contributed by atoms with E-state index < -0.39 is 29.2 Å². The third-order valence-electron chi connectivity index (χ3n) is 9.53. The largest absolute Gasteiger partial charge is 0.353 e. The summed E-state index contributed by atoms with van der Waals surface area (Å²) in [6.07, 6.45) is 2.56. The van der Waals surface area contributed by atoms with E-state index in [0.717, 1.165) is 31.5 Å². The lowest BCUT2D eigenvalue weighted by molar-refractivity contribution is -0.134. The van der Waals surface area contributed by atoms with Gasteiger partial charge in [-0.15, -0.1) is 0 Å². The highest BCUT2D eigenvalue weighted by atomic mass is 35.5. The Morgan fingerprint density at radius 1 is 1.09 bits per heavy atom. The number of amides is 3. The minimum atomic E-state index is -1.29. The first-order valence-electron chi connectivity index (χ1n) is 15.5. The molecule has 3 heterocycles. The third-order valence-corrected chi connectivity index (χ3v) is 10.1. The van der Waals surface area contributed by atoms with Crippen LogP contribution in [0.4, 0.5) is 10.1 Å². The minimum absolute atomic E-state index is 0.0780. The molecule has 4 aliphatic rings. The van der Waals surface area contributed by atoms with E-state index in [2.05, 4.69) is 41.6 Å². The van der Waals surface area contributed by atoms with Gasteiger partial charge in [0.1, 0.15) is 11.2 Å². The SMILES string of the molecule is CC(C)(C)C[C@H]1N[C@@H](C(=O)NCCN2CCN(C(=O)C3CC3)CC2)[C@H](c2cccc(Cl)c2)[C@@]12C(=O)Nc1cc(Cl)c(F)cc12. The molecule has 2 aromatic rings. The van der Waals surface area contributed by atoms with Gasteiger partial charge in [-0.3, -0.25) is 19.3 Å². The van der Waals surface area contributed by atoms with Crippen molar-refractivity contribution in [1.82, 2.24) is 20.4 Å². The van der Waals surface area contributed by atoms with Crippen LogP contribution in [0, 0.1) is 17.2 Å². The van der Waals surface area contributed by atoms with Crippen molar-refractivity contribution in [2.75, 3.05) is 44.6 Å². The van der Waals surface area contributed by atoms with Crippen LogP contribution in [0.1, 0.15) is 57.1 Å². The van der Waals surface area contributed by atoms with Gasteiger partial charge in [0, 0.05) is 67.9 Å². The summed E-state index contributed by atoms with van der Waals surface area (Å²) < 4.78 is 15.1. The maximum atomic E-state index is 15.1. The summed E-state index contributed by atoms with van der Waals surface area (Å²) in [4.78, 5) is 44.9. The molecule has 8 nitrogen and oxygen atoms in total. The standard InChI is InChI=1S/C33H40Cl2FN5O3/c1-32(2,3)18-26-33(22-16-24(36)23(35)17-25(22)38-31(33)44)27(20-5-4-6-21(34)15-20)28(39-26)29(42)37-9-10-40-11-13-41(14-12-40)30(43)19-7-8-19/h4-6,15-17,19,26-28,39H,7-14,18H2,1-3H3,(H,37,42)(H,38,44)/t26-,27+,28-,33+/m1/s1. The predicted octanol–water partition coefficient (Wildman–Crippen LogP) is 4.55. The molecule has 0 radical (unpaired) electrons. The molecule has 3 N–H and O–H groups in total. The molecule has 4 atom stereocenters. The van der Waals surface area contributed by atoms with Gasteiger partial charge in [0.2, 0.25) is 17.7 Å². The average Bonchev–Trinajstić information content (AvgIpc) is 3.71. The van der Waals surface area contributed by atoms with Gasteiger partial charge in [-0.1, -0.05) is 56.1 Å². The fourth-order valence-electron chi connectivity index (χ4n) is 7.36. The van der Waals surface area contributed by atoms with Gasteiger partial charge >= 0.3 is 0 Å². The predicted molar refractivity (Wildman–Crippen MR) is 169 cm³/mol. The Morgan fingerprint density at radius 3 is 2.48 bits per heavy atom. The topological polar surface area (TPSA) is 93.8 Å². The summed E-state index contributed by atoms with van der Waals surface area (Å²) >= 11 is 12.6. The molecular formula is C33H40Cl2FN5O3. The number of carbonyl (C=O) groups excluding carboxylic acids is 3. The highest BCUT2D eigenvalue weighted by Crippen LogP contribution is 2.57. The Bertz CT molecular complexity index is 1470. The molecule has 44 heavy (non-hydrogen) atoms. The van der Waals surface area contributed by atoms with Crippen LogP contribution in [0.2, 0.25) is 10.0 Å². The summed E-state index contributed by atoms with van der Waals surface area (Å²) in [7, 11) is 0. The molecular weight excluding hydrogens is 604 g/mol. The first-order chi connectivity index (χ1) is 20.9. The van der Waals surface area contributed by atoms with E-state index in [9.17, 15) is 14.4 Å². The Kier molecular flexibility index (Phi) is 8.45. The summed E-state index contributed by atoms with van der Waals surface area (Å²) in [5.74, 6) is -1.32. The number of nitrogens with one attached hydrogen (secondary N) is 3. The quantitative estimate of drug-likeness (QED) is 0.412. The zero-order valence-corrected chi connectivity index (χ0v) is 26.9. The number of benzene rings is 2. The number of anilines is 1. The van der Waals surface area contributed by atoms with E-state index in [1.165, 1.54) is 12.1 Å². The van der Waals surface area contributed by atoms with Gasteiger partial charge < -0.3 is 20.9 Å². The summed E-state index contributed by atoms with van der Waals surface area (Å²) in [5.41, 5.74) is 0.160. The Morgan fingerprint density at radius 2 is 1.82 bits per heavy atom. The molecule has 2 saturated heterocycles. The number of nitrogens with zero attached hydrogens (tertiary/aromatic N) is 2. The van der Waals surface area contributed by atoms with Crippen LogP contribution in [0.5, 0.6) is 0 Å². The van der Waals surface area contributed by atoms with E-state index in [1.54, 1.807) is 18.2 Å². The second-order valence-electron chi connectivity index (χ2n) is 13.9. The molecule has 0 bridgehead atoms. The summed E-state index contributed by atoms with van der Waals surface area (Å²) in [5, 5.41) is 10.0. The minimum Gasteiger partial charge on any atom is -0.353 e. The van der Waals surface area contributed by atoms with E-state index >= 15 is 4.39 Å². The normalized spacial score (nSPS) is 27.0. The number of fused-ring (bicyclic) bond motifs is 2. The lowest BCUT2D eigenvalue weighted by atomic mass is 9.62. The van der Waals surface area contributed by atoms with E-state index in [0.29, 0.717) is 48.9 Å². The maximum Gasteiger partial charge on any atom is 0.237 e. The molecule has 6 rings (SSSR count).